The Morgan fingerprint density at radius 3 is 2.21 bits per heavy atom. The molecule has 0 aromatic heterocycles. The van der Waals surface area contributed by atoms with Crippen LogP contribution in [0.2, 0.25) is 5.02 Å². The molecule has 10 heteroatoms. The predicted molar refractivity (Wildman–Crippen MR) is 134 cm³/mol. The smallest absolute Gasteiger partial charge is 0.198 e. The molecule has 0 aliphatic heterocycles. The number of benzene rings is 4. The van der Waals surface area contributed by atoms with E-state index in [9.17, 15) is 14.7 Å². The molecular formula is C23H16ClN3O4S2. The molecule has 0 bridgehead atoms. The van der Waals surface area contributed by atoms with Gasteiger partial charge < -0.3 is 4.74 Å². The first-order valence-corrected chi connectivity index (χ1v) is 12.3. The molecule has 7 nitrogen and oxygen atoms in total. The van der Waals surface area contributed by atoms with Gasteiger partial charge in [-0.3, -0.25) is 0 Å². The highest BCUT2D eigenvalue weighted by atomic mass is 35.5. The number of halogens is 1. The first-order chi connectivity index (χ1) is 16.0. The molecule has 0 saturated heterocycles. The zero-order valence-corrected chi connectivity index (χ0v) is 19.6. The van der Waals surface area contributed by atoms with Gasteiger partial charge in [0.15, 0.2) is 10.6 Å². The minimum absolute atomic E-state index is 0.0779. The molecule has 0 atom stereocenters. The Morgan fingerprint density at radius 2 is 1.52 bits per heavy atom. The van der Waals surface area contributed by atoms with Gasteiger partial charge >= 0.3 is 0 Å². The molecule has 0 radical (unpaired) electrons. The van der Waals surface area contributed by atoms with Crippen molar-refractivity contribution in [2.24, 2.45) is 13.7 Å². The molecule has 33 heavy (non-hydrogen) atoms. The Hall–Kier alpha value is -3.27. The minimum Gasteiger partial charge on any atom is -0.457 e. The van der Waals surface area contributed by atoms with Crippen molar-refractivity contribution in [1.82, 2.24) is 0 Å². The van der Waals surface area contributed by atoms with Crippen molar-refractivity contribution in [2.75, 3.05) is 0 Å². The molecule has 0 fully saturated rings. The summed E-state index contributed by atoms with van der Waals surface area (Å²) in [6.07, 6.45) is 0. The molecule has 0 N–H and O–H groups in total. The van der Waals surface area contributed by atoms with E-state index in [4.69, 9.17) is 16.3 Å². The lowest BCUT2D eigenvalue weighted by molar-refractivity contribution is 0.483. The average molecular weight is 498 g/mol. The number of hydrogen-bond acceptors (Lipinski definition) is 8. The van der Waals surface area contributed by atoms with Gasteiger partial charge in [0.25, 0.3) is 0 Å². The van der Waals surface area contributed by atoms with Crippen LogP contribution in [-0.4, -0.2) is 0 Å². The number of nitroso groups, excluding NO2 is 3. The van der Waals surface area contributed by atoms with Crippen molar-refractivity contribution in [3.8, 4) is 11.5 Å². The quantitative estimate of drug-likeness (QED) is 0.226. The van der Waals surface area contributed by atoms with E-state index < -0.39 is 10.6 Å². The summed E-state index contributed by atoms with van der Waals surface area (Å²) in [6.45, 7) is 2.03. The third kappa shape index (κ3) is 4.75. The molecule has 4 aromatic rings. The average Bonchev–Trinajstić information content (AvgIpc) is 2.84. The maximum atomic E-state index is 11.3. The second kappa shape index (κ2) is 9.70. The second-order valence-corrected chi connectivity index (χ2v) is 10.4. The molecule has 0 heterocycles. The van der Waals surface area contributed by atoms with Crippen molar-refractivity contribution in [3.63, 3.8) is 0 Å². The van der Waals surface area contributed by atoms with Crippen LogP contribution in [0.3, 0.4) is 0 Å². The van der Waals surface area contributed by atoms with E-state index in [1.54, 1.807) is 42.1 Å². The Labute approximate surface area is 200 Å². The molecule has 166 valence electrons. The Morgan fingerprint density at radius 1 is 0.818 bits per heavy atom. The monoisotopic (exact) mass is 497 g/mol. The lowest BCUT2D eigenvalue weighted by Crippen LogP contribution is -1.92. The lowest BCUT2D eigenvalue weighted by atomic mass is 10.1. The van der Waals surface area contributed by atoms with E-state index in [0.29, 0.717) is 27.3 Å². The maximum Gasteiger partial charge on any atom is 0.198 e. The fraction of sp³-hybridized carbons (Fsp3) is 0.0435. The van der Waals surface area contributed by atoms with Crippen LogP contribution in [-0.2, 0) is 0 Å². The Bertz CT molecular complexity index is 1340. The molecular weight excluding hydrogens is 482 g/mol. The van der Waals surface area contributed by atoms with Crippen molar-refractivity contribution >= 4 is 44.7 Å². The number of hydrogen-bond donors (Lipinski definition) is 0. The summed E-state index contributed by atoms with van der Waals surface area (Å²) in [6, 6.07) is 23.3. The summed E-state index contributed by atoms with van der Waals surface area (Å²) in [7, 11) is -3.61. The molecule has 0 aliphatic rings. The number of ether oxygens (including phenoxy) is 1. The van der Waals surface area contributed by atoms with Gasteiger partial charge in [-0.15, -0.1) is 14.7 Å². The summed E-state index contributed by atoms with van der Waals surface area (Å²) in [5.74, 6) is 1.05. The van der Waals surface area contributed by atoms with Crippen LogP contribution in [0, 0.1) is 21.6 Å². The standard InChI is InChI=1S/C23H16ClN3O4S2/c1-15-5-7-17(24)13-22(15)32-20-11-9-18(10-12-20)31-19-8-6-16-3-2-4-23(21(16)14-19)33(25-28,26-29)27-30/h2-14H,1H3. The van der Waals surface area contributed by atoms with Crippen LogP contribution in [0.4, 0.5) is 0 Å². The minimum atomic E-state index is -3.61. The van der Waals surface area contributed by atoms with Gasteiger partial charge in [0.1, 0.15) is 11.5 Å². The van der Waals surface area contributed by atoms with Crippen LogP contribution < -0.4 is 4.74 Å². The molecule has 0 spiro atoms. The number of aryl methyl sites for hydroxylation is 1. The van der Waals surface area contributed by atoms with Crippen molar-refractivity contribution in [2.45, 2.75) is 21.6 Å². The Kier molecular flexibility index (Phi) is 6.73. The molecule has 0 unspecified atom stereocenters. The third-order valence-electron chi connectivity index (χ3n) is 4.86. The van der Waals surface area contributed by atoms with E-state index in [1.807, 2.05) is 49.4 Å². The van der Waals surface area contributed by atoms with Crippen LogP contribution in [0.25, 0.3) is 10.8 Å². The van der Waals surface area contributed by atoms with E-state index in [-0.39, 0.29) is 4.90 Å². The Balaban J connectivity index is 1.61. The molecule has 4 rings (SSSR count). The first kappa shape index (κ1) is 22.9. The topological polar surface area (TPSA) is 97.5 Å². The predicted octanol–water partition coefficient (Wildman–Crippen LogP) is 8.95. The van der Waals surface area contributed by atoms with Gasteiger partial charge in [0, 0.05) is 33.9 Å². The second-order valence-electron chi connectivity index (χ2n) is 6.97. The fourth-order valence-electron chi connectivity index (χ4n) is 3.21. The van der Waals surface area contributed by atoms with Gasteiger partial charge in [-0.1, -0.05) is 47.6 Å². The summed E-state index contributed by atoms with van der Waals surface area (Å²) >= 11 is 7.71. The van der Waals surface area contributed by atoms with E-state index in [2.05, 4.69) is 13.7 Å². The summed E-state index contributed by atoms with van der Waals surface area (Å²) in [4.78, 5) is 36.0. The summed E-state index contributed by atoms with van der Waals surface area (Å²) in [5.41, 5.74) is 1.13. The third-order valence-corrected chi connectivity index (χ3v) is 7.83. The van der Waals surface area contributed by atoms with Gasteiger partial charge in [0.05, 0.1) is 4.90 Å². The number of nitrogens with zero attached hydrogens (tertiary/aromatic N) is 3. The van der Waals surface area contributed by atoms with Gasteiger partial charge in [-0.05, 0) is 72.5 Å². The van der Waals surface area contributed by atoms with Crippen LogP contribution >= 0.6 is 33.9 Å². The lowest BCUT2D eigenvalue weighted by Gasteiger charge is -2.17. The van der Waals surface area contributed by atoms with Gasteiger partial charge in [0.2, 0.25) is 0 Å². The molecule has 4 aromatic carbocycles. The van der Waals surface area contributed by atoms with Crippen molar-refractivity contribution in [1.29, 1.82) is 0 Å². The fourth-order valence-corrected chi connectivity index (χ4v) is 5.44. The van der Waals surface area contributed by atoms with E-state index in [0.717, 1.165) is 15.4 Å². The van der Waals surface area contributed by atoms with Gasteiger partial charge in [-0.25, -0.2) is 0 Å². The van der Waals surface area contributed by atoms with Crippen LogP contribution in [0.5, 0.6) is 11.5 Å². The normalized spacial score (nSPS) is 11.7. The summed E-state index contributed by atoms with van der Waals surface area (Å²) < 4.78 is 14.0. The first-order valence-electron chi connectivity index (χ1n) is 9.60. The van der Waals surface area contributed by atoms with E-state index >= 15 is 0 Å². The number of fused-ring (bicyclic) bond motifs is 1. The van der Waals surface area contributed by atoms with Gasteiger partial charge in [-0.2, -0.15) is 0 Å². The van der Waals surface area contributed by atoms with Crippen LogP contribution in [0.15, 0.2) is 107 Å². The van der Waals surface area contributed by atoms with Crippen molar-refractivity contribution in [3.05, 3.63) is 104 Å². The molecule has 0 saturated carbocycles. The zero-order chi connectivity index (χ0) is 23.4. The molecule has 0 aliphatic carbocycles. The maximum absolute atomic E-state index is 11.3. The summed E-state index contributed by atoms with van der Waals surface area (Å²) in [5, 5.41) is 1.83. The van der Waals surface area contributed by atoms with Crippen molar-refractivity contribution < 1.29 is 4.74 Å². The number of rotatable bonds is 8. The van der Waals surface area contributed by atoms with E-state index in [1.165, 1.54) is 6.07 Å². The highest BCUT2D eigenvalue weighted by Gasteiger charge is 2.33. The molecule has 0 amide bonds. The van der Waals surface area contributed by atoms with Crippen LogP contribution in [0.1, 0.15) is 5.56 Å². The SMILES string of the molecule is Cc1ccc(Cl)cc1Sc1ccc(Oc2ccc3cccc(S(N=O)(N=O)N=O)c3c2)cc1. The largest absolute Gasteiger partial charge is 0.457 e. The zero-order valence-electron chi connectivity index (χ0n) is 17.2. The highest BCUT2D eigenvalue weighted by Crippen LogP contribution is 2.61. The highest BCUT2D eigenvalue weighted by molar-refractivity contribution is 8.30.